The van der Waals surface area contributed by atoms with Gasteiger partial charge in [-0.15, -0.1) is 0 Å². The molecule has 0 radical (unpaired) electrons. The zero-order chi connectivity index (χ0) is 78.9. The van der Waals surface area contributed by atoms with Crippen LogP contribution in [0.2, 0.25) is 0 Å². The molecule has 0 aromatic carbocycles. The van der Waals surface area contributed by atoms with Crippen LogP contribution in [0.4, 0.5) is 0 Å². The van der Waals surface area contributed by atoms with Gasteiger partial charge in [-0.3, -0.25) is 37.3 Å². The molecule has 0 rings (SSSR count). The largest absolute Gasteiger partial charge is 0.472 e. The second-order valence-corrected chi connectivity index (χ2v) is 29.4. The SMILES string of the molecule is CC/C=C\C/C=C\C/C=C\C/C=C\C/C=C\CCCC(=O)OCC(COP(=O)(O)OCC(O)COP(=O)(O)OCC(COC(=O)CCCCCCCCC/C=C\C/C=C\C/C=C\CC)OC(=O)CCCCCCCCC/C=C\C/C=C\C/C=C\CC)OC(=O)CCCCCC/C=C\C/C=C\C/C=C\C/C=C\CC. The van der Waals surface area contributed by atoms with Gasteiger partial charge in [-0.1, -0.05) is 287 Å². The first-order chi connectivity index (χ1) is 52.7. The van der Waals surface area contributed by atoms with Crippen LogP contribution in [0.15, 0.2) is 182 Å². The molecule has 0 aliphatic rings. The Labute approximate surface area is 654 Å². The van der Waals surface area contributed by atoms with Crippen molar-refractivity contribution in [3.63, 3.8) is 0 Å². The van der Waals surface area contributed by atoms with E-state index >= 15 is 0 Å². The number of carbonyl (C=O) groups is 4. The molecule has 0 bridgehead atoms. The highest BCUT2D eigenvalue weighted by atomic mass is 31.2. The van der Waals surface area contributed by atoms with E-state index in [1.807, 2.05) is 12.2 Å². The third-order valence-electron chi connectivity index (χ3n) is 16.4. The van der Waals surface area contributed by atoms with E-state index in [-0.39, 0.29) is 25.7 Å². The molecule has 0 saturated carbocycles. The number of rotatable bonds is 75. The predicted molar refractivity (Wildman–Crippen MR) is 445 cm³/mol. The minimum absolute atomic E-state index is 0.0477. The highest BCUT2D eigenvalue weighted by molar-refractivity contribution is 7.47. The van der Waals surface area contributed by atoms with Crippen molar-refractivity contribution in [1.29, 1.82) is 0 Å². The average molecular weight is 1550 g/mol. The van der Waals surface area contributed by atoms with Crippen LogP contribution in [-0.4, -0.2) is 96.7 Å². The van der Waals surface area contributed by atoms with Crippen LogP contribution in [0.1, 0.15) is 297 Å². The second kappa shape index (κ2) is 79.3. The van der Waals surface area contributed by atoms with Gasteiger partial charge in [0.05, 0.1) is 26.4 Å². The number of hydrogen-bond donors (Lipinski definition) is 3. The van der Waals surface area contributed by atoms with Crippen molar-refractivity contribution in [2.75, 3.05) is 39.6 Å². The number of carbonyl (C=O) groups excluding carboxylic acids is 4. The molecule has 5 unspecified atom stereocenters. The summed E-state index contributed by atoms with van der Waals surface area (Å²) in [5.74, 6) is -2.30. The Morgan fingerprint density at radius 1 is 0.259 bits per heavy atom. The zero-order valence-electron chi connectivity index (χ0n) is 66.9. The average Bonchev–Trinajstić information content (AvgIpc) is 0.880. The molecule has 0 aromatic heterocycles. The zero-order valence-corrected chi connectivity index (χ0v) is 68.7. The maximum Gasteiger partial charge on any atom is 0.472 e. The van der Waals surface area contributed by atoms with Crippen molar-refractivity contribution in [3.8, 4) is 0 Å². The first-order valence-corrected chi connectivity index (χ1v) is 44.0. The molecule has 19 heteroatoms. The standard InChI is InChI=1S/C89H144O17P2/c1-5-9-13-17-21-25-29-33-37-41-45-49-53-57-61-65-69-73-86(91)99-79-84(105-88(93)75-71-67-63-59-55-51-47-43-39-35-31-27-23-19-15-11-7-3)81-103-107(95,96)101-77-83(90)78-102-108(97,98)104-82-85(106-89(94)76-72-68-64-60-56-52-48-44-40-36-32-28-24-20-16-12-8-4)80-100-87(92)74-70-66-62-58-54-50-46-42-38-34-30-26-22-18-14-10-6-2/h9-16,21-28,33-40,45,47,49,51,57,61,83-85,90H,5-8,17-20,29-32,41-44,46,48,50,52-56,58-60,62-82H2,1-4H3,(H,95,96)(H,97,98)/b13-9-,14-10-,15-11-,16-12-,25-21-,26-22-,27-23-,28-24-,37-33-,38-34-,39-35-,40-36-,49-45-,51-47-,61-57-. The second-order valence-electron chi connectivity index (χ2n) is 26.5. The summed E-state index contributed by atoms with van der Waals surface area (Å²) in [4.78, 5) is 73.2. The summed E-state index contributed by atoms with van der Waals surface area (Å²) in [7, 11) is -10.0. The number of esters is 4. The van der Waals surface area contributed by atoms with Gasteiger partial charge in [-0.2, -0.15) is 0 Å². The van der Waals surface area contributed by atoms with Crippen LogP contribution < -0.4 is 0 Å². The topological polar surface area (TPSA) is 237 Å². The fourth-order valence-corrected chi connectivity index (χ4v) is 11.9. The van der Waals surface area contributed by atoms with Gasteiger partial charge < -0.3 is 33.8 Å². The van der Waals surface area contributed by atoms with E-state index in [1.54, 1.807) is 0 Å². The molecule has 5 atom stereocenters. The Morgan fingerprint density at radius 3 is 0.731 bits per heavy atom. The minimum Gasteiger partial charge on any atom is -0.462 e. The molecule has 0 aromatic rings. The number of phosphoric ester groups is 2. The highest BCUT2D eigenvalue weighted by Crippen LogP contribution is 2.45. The maximum absolute atomic E-state index is 13.1. The van der Waals surface area contributed by atoms with Crippen LogP contribution >= 0.6 is 15.6 Å². The van der Waals surface area contributed by atoms with Crippen LogP contribution in [0.25, 0.3) is 0 Å². The Balaban J connectivity index is 5.48. The van der Waals surface area contributed by atoms with E-state index in [4.69, 9.17) is 37.0 Å². The normalized spacial score (nSPS) is 14.8. The number of aliphatic hydroxyl groups excluding tert-OH is 1. The molecule has 3 N–H and O–H groups in total. The van der Waals surface area contributed by atoms with Crippen LogP contribution in [-0.2, 0) is 65.4 Å². The van der Waals surface area contributed by atoms with Gasteiger partial charge in [0.2, 0.25) is 0 Å². The maximum atomic E-state index is 13.1. The lowest BCUT2D eigenvalue weighted by molar-refractivity contribution is -0.161. The van der Waals surface area contributed by atoms with E-state index in [0.717, 1.165) is 212 Å². The summed E-state index contributed by atoms with van der Waals surface area (Å²) in [6.07, 6.45) is 95.8. The number of unbranched alkanes of at least 4 members (excludes halogenated alkanes) is 19. The Morgan fingerprint density at radius 2 is 0.463 bits per heavy atom. The number of ether oxygens (including phenoxy) is 4. The summed E-state index contributed by atoms with van der Waals surface area (Å²) >= 11 is 0. The Bertz CT molecular complexity index is 2760. The van der Waals surface area contributed by atoms with Gasteiger partial charge in [0, 0.05) is 25.7 Å². The summed E-state index contributed by atoms with van der Waals surface area (Å²) in [5.41, 5.74) is 0. The van der Waals surface area contributed by atoms with E-state index in [9.17, 15) is 43.2 Å². The molecule has 0 saturated heterocycles. The fourth-order valence-electron chi connectivity index (χ4n) is 10.3. The molecule has 0 heterocycles. The third-order valence-corrected chi connectivity index (χ3v) is 18.3. The van der Waals surface area contributed by atoms with Crippen molar-refractivity contribution >= 4 is 39.5 Å². The molecule has 17 nitrogen and oxygen atoms in total. The molecule has 0 aliphatic carbocycles. The third kappa shape index (κ3) is 78.3. The Kier molecular flexibility index (Phi) is 75.0. The molecule has 0 amide bonds. The van der Waals surface area contributed by atoms with Crippen LogP contribution in [0.5, 0.6) is 0 Å². The molecular weight excluding hydrogens is 1400 g/mol. The molecule has 0 fully saturated rings. The molecule has 612 valence electrons. The van der Waals surface area contributed by atoms with Crippen LogP contribution in [0.3, 0.4) is 0 Å². The van der Waals surface area contributed by atoms with E-state index in [2.05, 4.69) is 198 Å². The number of hydrogen-bond acceptors (Lipinski definition) is 15. The fraction of sp³-hybridized carbons (Fsp3) is 0.618. The summed E-state index contributed by atoms with van der Waals surface area (Å²) in [5, 5.41) is 10.7. The van der Waals surface area contributed by atoms with Gasteiger partial charge in [0.15, 0.2) is 12.2 Å². The van der Waals surface area contributed by atoms with Crippen LogP contribution in [0, 0.1) is 0 Å². The summed E-state index contributed by atoms with van der Waals surface area (Å²) in [6, 6.07) is 0. The minimum atomic E-state index is -5.01. The van der Waals surface area contributed by atoms with Gasteiger partial charge in [0.1, 0.15) is 19.3 Å². The van der Waals surface area contributed by atoms with Crippen molar-refractivity contribution in [2.24, 2.45) is 0 Å². The van der Waals surface area contributed by atoms with Gasteiger partial charge in [-0.25, -0.2) is 9.13 Å². The highest BCUT2D eigenvalue weighted by Gasteiger charge is 2.30. The lowest BCUT2D eigenvalue weighted by Crippen LogP contribution is -2.30. The quantitative estimate of drug-likeness (QED) is 0.0169. The summed E-state index contributed by atoms with van der Waals surface area (Å²) < 4.78 is 68.7. The first-order valence-electron chi connectivity index (χ1n) is 41.0. The molecule has 108 heavy (non-hydrogen) atoms. The first kappa shape index (κ1) is 102. The van der Waals surface area contributed by atoms with Crippen molar-refractivity contribution in [2.45, 2.75) is 316 Å². The lowest BCUT2D eigenvalue weighted by atomic mass is 10.1. The van der Waals surface area contributed by atoms with Gasteiger partial charge in [0.25, 0.3) is 0 Å². The van der Waals surface area contributed by atoms with E-state index < -0.39 is 97.5 Å². The number of aliphatic hydroxyl groups is 1. The molecular formula is C89H144O17P2. The smallest absolute Gasteiger partial charge is 0.462 e. The van der Waals surface area contributed by atoms with Gasteiger partial charge in [-0.05, 0) is 167 Å². The van der Waals surface area contributed by atoms with Gasteiger partial charge >= 0.3 is 39.5 Å². The van der Waals surface area contributed by atoms with E-state index in [1.165, 1.54) is 0 Å². The number of allylic oxidation sites excluding steroid dienone is 30. The van der Waals surface area contributed by atoms with Crippen molar-refractivity contribution < 1.29 is 80.2 Å². The number of phosphoric acid groups is 2. The van der Waals surface area contributed by atoms with Crippen molar-refractivity contribution in [1.82, 2.24) is 0 Å². The predicted octanol–water partition coefficient (Wildman–Crippen LogP) is 24.3. The van der Waals surface area contributed by atoms with E-state index in [0.29, 0.717) is 32.1 Å². The molecule has 0 aliphatic heterocycles. The summed E-state index contributed by atoms with van der Waals surface area (Å²) in [6.45, 7) is 4.31. The lowest BCUT2D eigenvalue weighted by Gasteiger charge is -2.21. The van der Waals surface area contributed by atoms with Crippen molar-refractivity contribution in [3.05, 3.63) is 182 Å². The Hall–Kier alpha value is -5.84. The molecule has 0 spiro atoms. The monoisotopic (exact) mass is 1550 g/mol.